The molecule has 1 N–H and O–H groups in total. The summed E-state index contributed by atoms with van der Waals surface area (Å²) >= 11 is 0. The van der Waals surface area contributed by atoms with E-state index in [1.807, 2.05) is 0 Å². The van der Waals surface area contributed by atoms with Crippen molar-refractivity contribution in [2.75, 3.05) is 0 Å². The third kappa shape index (κ3) is 1.96. The molecule has 1 nitrogen and oxygen atoms in total. The van der Waals surface area contributed by atoms with Gasteiger partial charge in [-0.05, 0) is 23.8 Å². The predicted molar refractivity (Wildman–Crippen MR) is 26.6 cm³/mol. The van der Waals surface area contributed by atoms with Crippen LogP contribution in [0, 0.1) is 0 Å². The Morgan fingerprint density at radius 3 is 1.60 bits per heavy atom. The first kappa shape index (κ1) is 5.18. The zero-order valence-corrected chi connectivity index (χ0v) is 2.44. The predicted octanol–water partition coefficient (Wildman–Crippen LogP) is -1.31. The molecule has 0 aromatic rings. The average molecular weight is 90.2 g/mol. The number of hydrogen-bond donors (Lipinski definition) is 1. The Kier molecular flexibility index (Phi) is 1.63. The molecule has 1 aliphatic carbocycles. The summed E-state index contributed by atoms with van der Waals surface area (Å²) in [5.41, 5.74) is 0. The van der Waals surface area contributed by atoms with Gasteiger partial charge in [-0.25, -0.2) is 0 Å². The van der Waals surface area contributed by atoms with Crippen molar-refractivity contribution in [1.82, 2.24) is 0 Å². The maximum absolute atomic E-state index is 8.17. The fourth-order valence-corrected chi connectivity index (χ4v) is 0.0745. The molecule has 0 atom stereocenters. The smallest absolute Gasteiger partial charge is 0.0542 e. The van der Waals surface area contributed by atoms with Crippen molar-refractivity contribution >= 4 is 11.0 Å². The normalized spacial score (nSPS) is 21.0. The Morgan fingerprint density at radius 2 is 1.60 bits per heavy atom. The lowest BCUT2D eigenvalue weighted by Crippen LogP contribution is -1.65. The van der Waals surface area contributed by atoms with Crippen LogP contribution < -0.4 is 0 Å². The first-order valence-electron chi connectivity index (χ1n) is 1.57. The van der Waals surface area contributed by atoms with Crippen molar-refractivity contribution in [3.05, 3.63) is 0 Å². The van der Waals surface area contributed by atoms with E-state index in [0.29, 0.717) is 0 Å². The molecule has 0 unspecified atom stereocenters. The fraction of sp³-hybridized carbons (Fsp3) is 1.00. The van der Waals surface area contributed by atoms with Crippen LogP contribution in [0.3, 0.4) is 0 Å². The molecule has 0 heterocycles. The van der Waals surface area contributed by atoms with Gasteiger partial charge in [0.05, 0.1) is 6.10 Å². The quantitative estimate of drug-likeness (QED) is 0.366. The molecule has 1 saturated carbocycles. The van der Waals surface area contributed by atoms with E-state index in [9.17, 15) is 0 Å². The van der Waals surface area contributed by atoms with E-state index in [-0.39, 0.29) is 17.1 Å². The number of aliphatic hydroxyl groups excluding tert-OH is 1. The van der Waals surface area contributed by atoms with Gasteiger partial charge in [0.25, 0.3) is 0 Å². The van der Waals surface area contributed by atoms with E-state index in [0.717, 1.165) is 12.8 Å². The van der Waals surface area contributed by atoms with Crippen LogP contribution in [0.2, 0.25) is 0 Å². The van der Waals surface area contributed by atoms with Crippen LogP contribution in [0.5, 0.6) is 0 Å². The van der Waals surface area contributed by atoms with E-state index in [2.05, 4.69) is 0 Å². The van der Waals surface area contributed by atoms with E-state index < -0.39 is 0 Å². The largest absolute Gasteiger partial charge is 0.393 e. The molecule has 1 aliphatic rings. The lowest BCUT2D eigenvalue weighted by atomic mass is 10.9. The molecule has 0 aliphatic heterocycles. The molecule has 0 saturated heterocycles. The fourth-order valence-electron chi connectivity index (χ4n) is 0.0745. The minimum absolute atomic E-state index is 0. The number of rotatable bonds is 0. The van der Waals surface area contributed by atoms with Crippen LogP contribution in [0.15, 0.2) is 0 Å². The summed E-state index contributed by atoms with van der Waals surface area (Å²) in [6.07, 6.45) is 2.17. The lowest BCUT2D eigenvalue weighted by molar-refractivity contribution is 0.279. The van der Waals surface area contributed by atoms with Gasteiger partial charge in [0.1, 0.15) is 0 Å². The van der Waals surface area contributed by atoms with Crippen LogP contribution in [-0.2, 0) is 0 Å². The zero-order valence-electron chi connectivity index (χ0n) is 2.44. The summed E-state index contributed by atoms with van der Waals surface area (Å²) in [5.74, 6) is 0. The maximum atomic E-state index is 8.17. The van der Waals surface area contributed by atoms with Crippen LogP contribution in [0.25, 0.3) is 0 Å². The Morgan fingerprint density at radius 1 is 1.40 bits per heavy atom. The summed E-state index contributed by atoms with van der Waals surface area (Å²) in [6, 6.07) is 0. The molecule has 5 heavy (non-hydrogen) atoms. The highest BCUT2D eigenvalue weighted by Crippen LogP contribution is 2.16. The SMILES string of the molecule is OC1CC1.[SiH4]. The molecule has 0 amide bonds. The van der Waals surface area contributed by atoms with Crippen molar-refractivity contribution in [3.8, 4) is 0 Å². The van der Waals surface area contributed by atoms with Gasteiger partial charge in [0.2, 0.25) is 0 Å². The highest BCUT2D eigenvalue weighted by molar-refractivity contribution is 5.75. The van der Waals surface area contributed by atoms with Gasteiger partial charge in [-0.2, -0.15) is 0 Å². The second-order valence-corrected chi connectivity index (χ2v) is 1.23. The topological polar surface area (TPSA) is 20.2 Å². The van der Waals surface area contributed by atoms with Crippen LogP contribution >= 0.6 is 0 Å². The van der Waals surface area contributed by atoms with Gasteiger partial charge in [-0.15, -0.1) is 0 Å². The molecule has 0 bridgehead atoms. The third-order valence-corrected chi connectivity index (χ3v) is 0.547. The van der Waals surface area contributed by atoms with Crippen LogP contribution in [0.4, 0.5) is 0 Å². The summed E-state index contributed by atoms with van der Waals surface area (Å²) in [5, 5.41) is 8.17. The summed E-state index contributed by atoms with van der Waals surface area (Å²) in [4.78, 5) is 0. The molecule has 1 fully saturated rings. The third-order valence-electron chi connectivity index (χ3n) is 0.547. The van der Waals surface area contributed by atoms with E-state index in [1.165, 1.54) is 0 Å². The molecule has 0 radical (unpaired) electrons. The van der Waals surface area contributed by atoms with Crippen molar-refractivity contribution in [2.45, 2.75) is 18.9 Å². The highest BCUT2D eigenvalue weighted by atomic mass is 28.1. The van der Waals surface area contributed by atoms with Gasteiger partial charge in [0.15, 0.2) is 0 Å². The second kappa shape index (κ2) is 1.57. The zero-order chi connectivity index (χ0) is 2.99. The highest BCUT2D eigenvalue weighted by Gasteiger charge is 2.15. The Hall–Kier alpha value is 0.177. The average Bonchev–Trinajstić information content (AvgIpc) is 1.75. The molecule has 1 rings (SSSR count). The summed E-state index contributed by atoms with van der Waals surface area (Å²) < 4.78 is 0. The maximum Gasteiger partial charge on any atom is 0.0542 e. The number of hydrogen-bond acceptors (Lipinski definition) is 1. The van der Waals surface area contributed by atoms with Gasteiger partial charge in [-0.1, -0.05) is 0 Å². The van der Waals surface area contributed by atoms with E-state index >= 15 is 0 Å². The molecule has 2 heteroatoms. The Bertz CT molecular complexity index is 26.1. The standard InChI is InChI=1S/C3H6O.H4Si/c4-3-1-2-3;/h3-4H,1-2H2;1H4. The molecule has 32 valence electrons. The van der Waals surface area contributed by atoms with Crippen LogP contribution in [0.1, 0.15) is 12.8 Å². The van der Waals surface area contributed by atoms with Gasteiger partial charge in [0, 0.05) is 0 Å². The first-order chi connectivity index (χ1) is 1.89. The minimum atomic E-state index is 0. The molecule has 0 spiro atoms. The molecular weight excluding hydrogens is 80.1 g/mol. The molecule has 0 aromatic heterocycles. The van der Waals surface area contributed by atoms with E-state index in [4.69, 9.17) is 5.11 Å². The summed E-state index contributed by atoms with van der Waals surface area (Å²) in [6.45, 7) is 0. The van der Waals surface area contributed by atoms with Gasteiger partial charge >= 0.3 is 0 Å². The first-order valence-corrected chi connectivity index (χ1v) is 1.57. The Labute approximate surface area is 36.0 Å². The van der Waals surface area contributed by atoms with Crippen molar-refractivity contribution in [2.24, 2.45) is 0 Å². The molecule has 0 aromatic carbocycles. The van der Waals surface area contributed by atoms with Gasteiger partial charge < -0.3 is 5.11 Å². The van der Waals surface area contributed by atoms with Crippen molar-refractivity contribution < 1.29 is 5.11 Å². The monoisotopic (exact) mass is 90.1 g/mol. The van der Waals surface area contributed by atoms with Gasteiger partial charge in [-0.3, -0.25) is 0 Å². The molecular formula is C3H10OSi. The van der Waals surface area contributed by atoms with Crippen LogP contribution in [-0.4, -0.2) is 22.2 Å². The Balaban J connectivity index is 0.000000160. The second-order valence-electron chi connectivity index (χ2n) is 1.23. The van der Waals surface area contributed by atoms with E-state index in [1.54, 1.807) is 0 Å². The minimum Gasteiger partial charge on any atom is -0.393 e. The number of aliphatic hydroxyl groups is 1. The lowest BCUT2D eigenvalue weighted by Gasteiger charge is -1.57. The van der Waals surface area contributed by atoms with Crippen molar-refractivity contribution in [3.63, 3.8) is 0 Å². The van der Waals surface area contributed by atoms with Crippen molar-refractivity contribution in [1.29, 1.82) is 0 Å². The summed E-state index contributed by atoms with van der Waals surface area (Å²) in [7, 11) is 0.